The molecule has 2 bridgehead atoms. The van der Waals surface area contributed by atoms with Crippen LogP contribution in [0.4, 0.5) is 0 Å². The van der Waals surface area contributed by atoms with E-state index >= 15 is 0 Å². The first kappa shape index (κ1) is 10.3. The van der Waals surface area contributed by atoms with Crippen LogP contribution in [0.2, 0.25) is 0 Å². The topological polar surface area (TPSA) is 91.5 Å². The Morgan fingerprint density at radius 1 is 1.39 bits per heavy atom. The maximum Gasteiger partial charge on any atom is 0.218 e. The minimum absolute atomic E-state index is 0.0696. The third-order valence-electron chi connectivity index (χ3n) is 3.96. The normalized spacial score (nSPS) is 40.7. The van der Waals surface area contributed by atoms with Crippen LogP contribution in [0, 0.1) is 24.7 Å². The van der Waals surface area contributed by atoms with Gasteiger partial charge in [-0.3, -0.25) is 9.59 Å². The summed E-state index contributed by atoms with van der Waals surface area (Å²) in [6.45, 7) is 2.04. The second-order valence-electron chi connectivity index (χ2n) is 4.93. The number of aryl methyl sites for hydroxylation is 1. The molecule has 1 saturated carbocycles. The zero-order chi connectivity index (χ0) is 12.4. The van der Waals surface area contributed by atoms with Crippen molar-refractivity contribution in [1.29, 1.82) is 0 Å². The molecular weight excluding hydrogens is 240 g/mol. The Balaban J connectivity index is 1.64. The number of nitrogens with zero attached hydrogens (tertiary/aromatic N) is 2. The highest BCUT2D eigenvalue weighted by atomic mass is 16.7. The molecule has 0 N–H and O–H groups in total. The average Bonchev–Trinajstić information content (AvgIpc) is 2.74. The van der Waals surface area contributed by atoms with E-state index in [-0.39, 0.29) is 41.1 Å². The number of hydrogen-bond acceptors (Lipinski definition) is 7. The molecule has 2 saturated heterocycles. The van der Waals surface area contributed by atoms with Crippen LogP contribution in [0.15, 0.2) is 4.63 Å². The van der Waals surface area contributed by atoms with Crippen molar-refractivity contribution in [2.45, 2.75) is 19.3 Å². The van der Waals surface area contributed by atoms with E-state index in [4.69, 9.17) is 9.47 Å². The van der Waals surface area contributed by atoms with Crippen molar-refractivity contribution in [2.24, 2.45) is 17.8 Å². The minimum atomic E-state index is -0.773. The van der Waals surface area contributed by atoms with Gasteiger partial charge in [-0.05, 0) is 12.1 Å². The maximum atomic E-state index is 12.3. The van der Waals surface area contributed by atoms with Gasteiger partial charge in [-0.1, -0.05) is 5.16 Å². The highest BCUT2D eigenvalue weighted by Gasteiger charge is 2.69. The highest BCUT2D eigenvalue weighted by Crippen LogP contribution is 2.57. The van der Waals surface area contributed by atoms with Crippen LogP contribution in [-0.4, -0.2) is 40.9 Å². The number of ether oxygens (including phenoxy) is 2. The molecule has 3 aliphatic rings. The van der Waals surface area contributed by atoms with Gasteiger partial charge < -0.3 is 9.47 Å². The Kier molecular flexibility index (Phi) is 1.86. The molecule has 0 radical (unpaired) electrons. The number of carbonyl (C=O) groups excluding carboxylic acids is 2. The van der Waals surface area contributed by atoms with Crippen LogP contribution in [0.5, 0.6) is 0 Å². The van der Waals surface area contributed by atoms with Gasteiger partial charge in [0, 0.05) is 17.8 Å². The summed E-state index contributed by atoms with van der Waals surface area (Å²) in [6, 6.07) is 0. The first-order valence-corrected chi connectivity index (χ1v) is 5.82. The molecule has 3 fully saturated rings. The molecular formula is C11H10N2O5. The second-order valence-corrected chi connectivity index (χ2v) is 4.93. The van der Waals surface area contributed by atoms with Crippen LogP contribution in [-0.2, 0) is 14.3 Å². The number of rotatable bonds is 2. The standard InChI is InChI=1S/C11H10N2O5/c1-3-8(13-18-12-3)9(14)6-5-4-2-16-11(17-4)10(15)7(5)6/h4-7,11H,2H2,1H3/t4?,5-,6?,7?,11-/m1/s1. The SMILES string of the molecule is Cc1nonc1C(=O)C1C2C(=O)[C@@H]3OCC(O3)[C@H]12. The zero-order valence-electron chi connectivity index (χ0n) is 9.53. The molecule has 3 unspecified atom stereocenters. The van der Waals surface area contributed by atoms with E-state index in [2.05, 4.69) is 14.9 Å². The number of hydrogen-bond donors (Lipinski definition) is 0. The molecule has 2 aliphatic heterocycles. The first-order chi connectivity index (χ1) is 8.68. The fourth-order valence-electron chi connectivity index (χ4n) is 3.04. The van der Waals surface area contributed by atoms with Gasteiger partial charge in [0.05, 0.1) is 12.7 Å². The van der Waals surface area contributed by atoms with E-state index in [9.17, 15) is 9.59 Å². The lowest BCUT2D eigenvalue weighted by molar-refractivity contribution is -0.153. The third-order valence-corrected chi connectivity index (χ3v) is 3.96. The molecule has 5 atom stereocenters. The Bertz CT molecular complexity index is 553. The van der Waals surface area contributed by atoms with Gasteiger partial charge >= 0.3 is 0 Å². The molecule has 1 aliphatic carbocycles. The van der Waals surface area contributed by atoms with E-state index in [1.807, 2.05) is 0 Å². The van der Waals surface area contributed by atoms with E-state index in [0.717, 1.165) is 0 Å². The summed E-state index contributed by atoms with van der Waals surface area (Å²) in [5.41, 5.74) is 0.678. The quantitative estimate of drug-likeness (QED) is 0.668. The maximum absolute atomic E-state index is 12.3. The van der Waals surface area contributed by atoms with Gasteiger partial charge in [-0.25, -0.2) is 4.63 Å². The van der Waals surface area contributed by atoms with Crippen LogP contribution >= 0.6 is 0 Å². The zero-order valence-corrected chi connectivity index (χ0v) is 9.53. The summed E-state index contributed by atoms with van der Waals surface area (Å²) in [7, 11) is 0. The molecule has 4 rings (SSSR count). The van der Waals surface area contributed by atoms with Gasteiger partial charge in [-0.2, -0.15) is 0 Å². The number of Topliss-reactive ketones (excluding diaryl/α,β-unsaturated/α-hetero) is 2. The number of carbonyl (C=O) groups is 2. The van der Waals surface area contributed by atoms with Crippen molar-refractivity contribution in [1.82, 2.24) is 10.3 Å². The van der Waals surface area contributed by atoms with Crippen molar-refractivity contribution in [3.05, 3.63) is 11.4 Å². The molecule has 0 spiro atoms. The Morgan fingerprint density at radius 2 is 2.22 bits per heavy atom. The average molecular weight is 250 g/mol. The molecule has 1 aromatic rings. The summed E-state index contributed by atoms with van der Waals surface area (Å²) < 4.78 is 15.1. The largest absolute Gasteiger partial charge is 0.343 e. The molecule has 1 aromatic heterocycles. The molecule has 0 amide bonds. The minimum Gasteiger partial charge on any atom is -0.343 e. The van der Waals surface area contributed by atoms with Gasteiger partial charge in [0.1, 0.15) is 5.69 Å². The summed E-state index contributed by atoms with van der Waals surface area (Å²) in [5.74, 6) is -0.990. The van der Waals surface area contributed by atoms with Crippen molar-refractivity contribution >= 4 is 11.6 Å². The third kappa shape index (κ3) is 1.15. The van der Waals surface area contributed by atoms with Crippen LogP contribution in [0.1, 0.15) is 16.2 Å². The Labute approximate surface area is 101 Å². The van der Waals surface area contributed by atoms with Gasteiger partial charge in [0.15, 0.2) is 17.3 Å². The summed E-state index contributed by atoms with van der Waals surface area (Å²) in [5, 5.41) is 7.19. The first-order valence-electron chi connectivity index (χ1n) is 5.82. The van der Waals surface area contributed by atoms with E-state index in [1.165, 1.54) is 0 Å². The second kappa shape index (κ2) is 3.24. The van der Waals surface area contributed by atoms with E-state index < -0.39 is 6.29 Å². The lowest BCUT2D eigenvalue weighted by Gasteiger charge is -2.14. The predicted octanol–water partition coefficient (Wildman–Crippen LogP) is -0.253. The number of fused-ring (bicyclic) bond motifs is 4. The summed E-state index contributed by atoms with van der Waals surface area (Å²) in [6.07, 6.45) is -0.919. The van der Waals surface area contributed by atoms with E-state index in [1.54, 1.807) is 6.92 Å². The fraction of sp³-hybridized carbons (Fsp3) is 0.636. The highest BCUT2D eigenvalue weighted by molar-refractivity contribution is 6.05. The molecule has 94 valence electrons. The monoisotopic (exact) mass is 250 g/mol. The van der Waals surface area contributed by atoms with Gasteiger partial charge in [-0.15, -0.1) is 0 Å². The number of ketones is 2. The van der Waals surface area contributed by atoms with Crippen molar-refractivity contribution in [3.8, 4) is 0 Å². The molecule has 7 heteroatoms. The molecule has 18 heavy (non-hydrogen) atoms. The Morgan fingerprint density at radius 3 is 2.94 bits per heavy atom. The fourth-order valence-corrected chi connectivity index (χ4v) is 3.04. The van der Waals surface area contributed by atoms with E-state index in [0.29, 0.717) is 12.3 Å². The molecule has 7 nitrogen and oxygen atoms in total. The summed E-state index contributed by atoms with van der Waals surface area (Å²) >= 11 is 0. The van der Waals surface area contributed by atoms with Crippen LogP contribution in [0.3, 0.4) is 0 Å². The smallest absolute Gasteiger partial charge is 0.218 e. The van der Waals surface area contributed by atoms with Crippen molar-refractivity contribution in [3.63, 3.8) is 0 Å². The predicted molar refractivity (Wildman–Crippen MR) is 53.5 cm³/mol. The van der Waals surface area contributed by atoms with Crippen LogP contribution < -0.4 is 0 Å². The Hall–Kier alpha value is -1.60. The van der Waals surface area contributed by atoms with Gasteiger partial charge in [0.25, 0.3) is 0 Å². The van der Waals surface area contributed by atoms with Crippen molar-refractivity contribution < 1.29 is 23.7 Å². The molecule has 0 aromatic carbocycles. The van der Waals surface area contributed by atoms with Crippen molar-refractivity contribution in [2.75, 3.05) is 6.61 Å². The lowest BCUT2D eigenvalue weighted by atomic mass is 10.1. The number of aromatic nitrogens is 2. The van der Waals surface area contributed by atoms with Gasteiger partial charge in [0.2, 0.25) is 6.29 Å². The lowest BCUT2D eigenvalue weighted by Crippen LogP contribution is -2.30. The molecule has 3 heterocycles. The summed E-state index contributed by atoms with van der Waals surface area (Å²) in [4.78, 5) is 24.2. The van der Waals surface area contributed by atoms with Crippen LogP contribution in [0.25, 0.3) is 0 Å².